The maximum absolute atomic E-state index is 13.0. The monoisotopic (exact) mass is 390 g/mol. The van der Waals surface area contributed by atoms with E-state index in [9.17, 15) is 18.4 Å². The van der Waals surface area contributed by atoms with Crippen molar-refractivity contribution in [2.45, 2.75) is 24.9 Å². The molecule has 28 heavy (non-hydrogen) atoms. The van der Waals surface area contributed by atoms with Crippen LogP contribution >= 0.6 is 0 Å². The van der Waals surface area contributed by atoms with E-state index in [4.69, 9.17) is 0 Å². The fourth-order valence-electron chi connectivity index (χ4n) is 3.65. The first-order valence-corrected chi connectivity index (χ1v) is 9.04. The standard InChI is InChI=1S/C18H20F2N6O2/c19-14(20)9-22-17(27)12-4-5-13-16(23-12)26(11-6-8-25(13)10-11)18(28)24-15-3-1-2-7-21-15/h1-5,7,11-12,14,23H,6,8-10H2,(H,22,27)(H,21,24,28)/t11-,12?/m0/s1. The molecule has 0 aromatic carbocycles. The maximum Gasteiger partial charge on any atom is 0.328 e. The van der Waals surface area contributed by atoms with Crippen LogP contribution in [0, 0.1) is 0 Å². The third-order valence-corrected chi connectivity index (χ3v) is 4.92. The number of hydrogen-bond donors (Lipinski definition) is 3. The van der Waals surface area contributed by atoms with E-state index in [0.717, 1.165) is 18.7 Å². The zero-order valence-electron chi connectivity index (χ0n) is 14.9. The Bertz CT molecular complexity index is 829. The maximum atomic E-state index is 13.0. The number of carbonyl (C=O) groups excluding carboxylic acids is 2. The van der Waals surface area contributed by atoms with Crippen LogP contribution in [0.3, 0.4) is 0 Å². The van der Waals surface area contributed by atoms with Gasteiger partial charge in [-0.05, 0) is 24.6 Å². The predicted octanol–water partition coefficient (Wildman–Crippen LogP) is 1.08. The molecule has 2 bridgehead atoms. The van der Waals surface area contributed by atoms with Crippen molar-refractivity contribution in [2.24, 2.45) is 0 Å². The summed E-state index contributed by atoms with van der Waals surface area (Å²) >= 11 is 0. The second kappa shape index (κ2) is 7.45. The van der Waals surface area contributed by atoms with Crippen LogP contribution in [0.4, 0.5) is 19.4 Å². The number of urea groups is 1. The topological polar surface area (TPSA) is 89.6 Å². The summed E-state index contributed by atoms with van der Waals surface area (Å²) in [6.45, 7) is 0.781. The van der Waals surface area contributed by atoms with Crippen molar-refractivity contribution in [3.8, 4) is 0 Å². The number of anilines is 1. The van der Waals surface area contributed by atoms with Gasteiger partial charge in [0.2, 0.25) is 5.91 Å². The fraction of sp³-hybridized carbons (Fsp3) is 0.389. The quantitative estimate of drug-likeness (QED) is 0.716. The summed E-state index contributed by atoms with van der Waals surface area (Å²) in [6, 6.07) is 3.97. The van der Waals surface area contributed by atoms with Gasteiger partial charge in [0.15, 0.2) is 0 Å². The average Bonchev–Trinajstić information content (AvgIpc) is 3.11. The van der Waals surface area contributed by atoms with E-state index in [1.807, 2.05) is 0 Å². The molecule has 3 amide bonds. The van der Waals surface area contributed by atoms with E-state index in [1.165, 1.54) is 0 Å². The lowest BCUT2D eigenvalue weighted by molar-refractivity contribution is -0.122. The van der Waals surface area contributed by atoms with Crippen molar-refractivity contribution in [1.82, 2.24) is 25.4 Å². The number of aromatic nitrogens is 1. The largest absolute Gasteiger partial charge is 0.366 e. The third kappa shape index (κ3) is 3.49. The first-order valence-electron chi connectivity index (χ1n) is 9.04. The SMILES string of the molecule is O=C(NCC(F)F)C1C=CC2=C(N1)N(C(=O)Nc1ccccn1)[C@H]1CCN2C1. The highest BCUT2D eigenvalue weighted by molar-refractivity contribution is 5.91. The number of amides is 3. The van der Waals surface area contributed by atoms with Gasteiger partial charge in [-0.2, -0.15) is 0 Å². The Morgan fingerprint density at radius 1 is 1.36 bits per heavy atom. The summed E-state index contributed by atoms with van der Waals surface area (Å²) < 4.78 is 24.8. The minimum absolute atomic E-state index is 0.0498. The van der Waals surface area contributed by atoms with Crippen LogP contribution in [0.15, 0.2) is 48.1 Å². The Kier molecular flexibility index (Phi) is 4.84. The lowest BCUT2D eigenvalue weighted by Crippen LogP contribution is -2.56. The van der Waals surface area contributed by atoms with Crippen molar-refractivity contribution in [3.05, 3.63) is 48.1 Å². The molecular weight excluding hydrogens is 370 g/mol. The molecule has 3 aliphatic rings. The van der Waals surface area contributed by atoms with E-state index < -0.39 is 24.9 Å². The fourth-order valence-corrected chi connectivity index (χ4v) is 3.65. The van der Waals surface area contributed by atoms with Crippen LogP contribution in [-0.2, 0) is 4.79 Å². The van der Waals surface area contributed by atoms with Gasteiger partial charge in [0.25, 0.3) is 6.43 Å². The van der Waals surface area contributed by atoms with Crippen molar-refractivity contribution in [2.75, 3.05) is 25.0 Å². The molecule has 1 fully saturated rings. The van der Waals surface area contributed by atoms with Gasteiger partial charge >= 0.3 is 6.03 Å². The molecule has 0 aliphatic carbocycles. The molecule has 148 valence electrons. The molecule has 2 atom stereocenters. The van der Waals surface area contributed by atoms with Gasteiger partial charge in [0.1, 0.15) is 17.7 Å². The predicted molar refractivity (Wildman–Crippen MR) is 97.2 cm³/mol. The van der Waals surface area contributed by atoms with Gasteiger partial charge in [-0.1, -0.05) is 12.1 Å². The Balaban J connectivity index is 1.54. The molecule has 1 unspecified atom stereocenters. The van der Waals surface area contributed by atoms with Crippen LogP contribution in [0.2, 0.25) is 0 Å². The summed E-state index contributed by atoms with van der Waals surface area (Å²) in [5.41, 5.74) is 0.808. The Labute approximate surface area is 160 Å². The summed E-state index contributed by atoms with van der Waals surface area (Å²) in [5.74, 6) is 0.357. The molecular formula is C18H20F2N6O2. The number of carbonyl (C=O) groups is 2. The number of alkyl halides is 2. The Morgan fingerprint density at radius 2 is 2.21 bits per heavy atom. The minimum Gasteiger partial charge on any atom is -0.366 e. The number of fused-ring (bicyclic) bond motifs is 3. The molecule has 1 aromatic heterocycles. The van der Waals surface area contributed by atoms with E-state index in [-0.39, 0.29) is 12.1 Å². The van der Waals surface area contributed by atoms with E-state index in [2.05, 4.69) is 25.8 Å². The van der Waals surface area contributed by atoms with E-state index in [0.29, 0.717) is 18.2 Å². The van der Waals surface area contributed by atoms with E-state index in [1.54, 1.807) is 41.4 Å². The summed E-state index contributed by atoms with van der Waals surface area (Å²) in [6.07, 6.45) is 3.14. The smallest absolute Gasteiger partial charge is 0.328 e. The number of rotatable bonds is 4. The number of nitrogens with one attached hydrogen (secondary N) is 3. The highest BCUT2D eigenvalue weighted by Gasteiger charge is 2.42. The van der Waals surface area contributed by atoms with Gasteiger partial charge in [0, 0.05) is 19.3 Å². The van der Waals surface area contributed by atoms with Crippen LogP contribution in [0.1, 0.15) is 6.42 Å². The number of halogens is 2. The highest BCUT2D eigenvalue weighted by atomic mass is 19.3. The van der Waals surface area contributed by atoms with Crippen molar-refractivity contribution >= 4 is 17.8 Å². The van der Waals surface area contributed by atoms with Gasteiger partial charge in [-0.25, -0.2) is 18.6 Å². The van der Waals surface area contributed by atoms with Gasteiger partial charge in [-0.3, -0.25) is 15.0 Å². The minimum atomic E-state index is -2.62. The van der Waals surface area contributed by atoms with Gasteiger partial charge < -0.3 is 15.5 Å². The third-order valence-electron chi connectivity index (χ3n) is 4.92. The molecule has 3 N–H and O–H groups in total. The van der Waals surface area contributed by atoms with Crippen molar-refractivity contribution < 1.29 is 18.4 Å². The first kappa shape index (κ1) is 18.2. The van der Waals surface area contributed by atoms with Crippen molar-refractivity contribution in [3.63, 3.8) is 0 Å². The molecule has 0 radical (unpaired) electrons. The molecule has 10 heteroatoms. The van der Waals surface area contributed by atoms with Crippen LogP contribution in [-0.4, -0.2) is 64.9 Å². The number of allylic oxidation sites excluding steroid dienone is 1. The second-order valence-electron chi connectivity index (χ2n) is 6.75. The molecule has 1 aromatic rings. The summed E-state index contributed by atoms with van der Waals surface area (Å²) in [4.78, 5) is 33.0. The van der Waals surface area contributed by atoms with Gasteiger partial charge in [-0.15, -0.1) is 0 Å². The van der Waals surface area contributed by atoms with Crippen LogP contribution in [0.5, 0.6) is 0 Å². The lowest BCUT2D eigenvalue weighted by Gasteiger charge is -2.40. The van der Waals surface area contributed by atoms with E-state index >= 15 is 0 Å². The molecule has 1 saturated heterocycles. The molecule has 0 saturated carbocycles. The highest BCUT2D eigenvalue weighted by Crippen LogP contribution is 2.33. The number of pyridine rings is 1. The molecule has 3 aliphatic heterocycles. The van der Waals surface area contributed by atoms with Crippen LogP contribution in [0.25, 0.3) is 0 Å². The normalized spacial score (nSPS) is 22.8. The Morgan fingerprint density at radius 3 is 2.96 bits per heavy atom. The molecule has 0 spiro atoms. The average molecular weight is 390 g/mol. The zero-order chi connectivity index (χ0) is 19.7. The Hall–Kier alpha value is -3.17. The number of nitrogens with zero attached hydrogens (tertiary/aromatic N) is 3. The number of hydrogen-bond acceptors (Lipinski definition) is 5. The lowest BCUT2D eigenvalue weighted by atomic mass is 10.1. The molecule has 8 nitrogen and oxygen atoms in total. The van der Waals surface area contributed by atoms with Crippen LogP contribution < -0.4 is 16.0 Å². The summed E-state index contributed by atoms with van der Waals surface area (Å²) in [7, 11) is 0. The summed E-state index contributed by atoms with van der Waals surface area (Å²) in [5, 5.41) is 8.01. The number of dihydropyridines is 1. The first-order chi connectivity index (χ1) is 13.5. The zero-order valence-corrected chi connectivity index (χ0v) is 14.9. The second-order valence-corrected chi connectivity index (χ2v) is 6.75. The van der Waals surface area contributed by atoms with Gasteiger partial charge in [0.05, 0.1) is 18.3 Å². The molecule has 4 heterocycles. The molecule has 4 rings (SSSR count). The van der Waals surface area contributed by atoms with Crippen molar-refractivity contribution in [1.29, 1.82) is 0 Å².